The Bertz CT molecular complexity index is 746. The predicted molar refractivity (Wildman–Crippen MR) is 80.2 cm³/mol. The lowest BCUT2D eigenvalue weighted by Crippen LogP contribution is -2.44. The molecule has 0 fully saturated rings. The number of esters is 1. The Hall–Kier alpha value is -2.94. The summed E-state index contributed by atoms with van der Waals surface area (Å²) >= 11 is 0. The van der Waals surface area contributed by atoms with Gasteiger partial charge in [0.25, 0.3) is 5.91 Å². The molecular weight excluding hydrogens is 321 g/mol. The molecule has 128 valence electrons. The first-order chi connectivity index (χ1) is 11.5. The summed E-state index contributed by atoms with van der Waals surface area (Å²) in [5.41, 5.74) is -0.0736. The number of nitrogens with one attached hydrogen (secondary N) is 1. The molecule has 24 heavy (non-hydrogen) atoms. The van der Waals surface area contributed by atoms with Crippen LogP contribution in [0.15, 0.2) is 30.5 Å². The molecule has 0 aliphatic carbocycles. The van der Waals surface area contributed by atoms with E-state index in [0.29, 0.717) is 5.69 Å². The normalized spacial score (nSPS) is 11.8. The molecule has 1 atom stereocenters. The Balaban J connectivity index is 2.20. The number of nitrogens with zero attached hydrogens (tertiary/aromatic N) is 2. The van der Waals surface area contributed by atoms with Gasteiger partial charge in [-0.1, -0.05) is 6.07 Å². The van der Waals surface area contributed by atoms with Gasteiger partial charge in [0.15, 0.2) is 17.5 Å². The Morgan fingerprint density at radius 2 is 2.21 bits per heavy atom. The SMILES string of the molecule is CCOC(=O)[C@@H](CO)NC(=O)c1nn(-c2cccc(F)c2)cc1O. The Morgan fingerprint density at radius 3 is 2.83 bits per heavy atom. The maximum absolute atomic E-state index is 13.2. The number of hydrogen-bond acceptors (Lipinski definition) is 6. The van der Waals surface area contributed by atoms with Gasteiger partial charge in [-0.2, -0.15) is 5.10 Å². The number of aliphatic hydroxyl groups excluding tert-OH is 1. The van der Waals surface area contributed by atoms with Gasteiger partial charge < -0.3 is 20.3 Å². The highest BCUT2D eigenvalue weighted by Gasteiger charge is 2.25. The standard InChI is InChI=1S/C15H16FN3O5/c1-2-24-15(23)11(8-20)17-14(22)13-12(21)7-19(18-13)10-5-3-4-9(16)6-10/h3-7,11,20-21H,2,8H2,1H3,(H,17,22)/t11-/m1/s1. The third kappa shape index (κ3) is 3.87. The zero-order chi connectivity index (χ0) is 17.7. The first-order valence-corrected chi connectivity index (χ1v) is 7.09. The number of aliphatic hydroxyl groups is 1. The van der Waals surface area contributed by atoms with Gasteiger partial charge in [-0.3, -0.25) is 4.79 Å². The van der Waals surface area contributed by atoms with Gasteiger partial charge in [0.2, 0.25) is 0 Å². The van der Waals surface area contributed by atoms with Crippen molar-refractivity contribution in [3.8, 4) is 11.4 Å². The van der Waals surface area contributed by atoms with Gasteiger partial charge in [0, 0.05) is 0 Å². The third-order valence-electron chi connectivity index (χ3n) is 3.04. The van der Waals surface area contributed by atoms with Gasteiger partial charge in [-0.25, -0.2) is 13.9 Å². The lowest BCUT2D eigenvalue weighted by Gasteiger charge is -2.13. The van der Waals surface area contributed by atoms with E-state index in [2.05, 4.69) is 10.4 Å². The van der Waals surface area contributed by atoms with E-state index < -0.39 is 36.1 Å². The van der Waals surface area contributed by atoms with Crippen molar-refractivity contribution in [2.75, 3.05) is 13.2 Å². The van der Waals surface area contributed by atoms with Crippen molar-refractivity contribution in [3.05, 3.63) is 42.0 Å². The number of amides is 1. The summed E-state index contributed by atoms with van der Waals surface area (Å²) in [7, 11) is 0. The zero-order valence-corrected chi connectivity index (χ0v) is 12.8. The number of carbonyl (C=O) groups excluding carboxylic acids is 2. The van der Waals surface area contributed by atoms with Gasteiger partial charge in [-0.15, -0.1) is 0 Å². The average Bonchev–Trinajstić information content (AvgIpc) is 2.94. The predicted octanol–water partition coefficient (Wildman–Crippen LogP) is 0.371. The summed E-state index contributed by atoms with van der Waals surface area (Å²) in [5, 5.41) is 25.1. The second-order valence-electron chi connectivity index (χ2n) is 4.75. The second-order valence-corrected chi connectivity index (χ2v) is 4.75. The molecular formula is C15H16FN3O5. The third-order valence-corrected chi connectivity index (χ3v) is 3.04. The van der Waals surface area contributed by atoms with E-state index in [1.165, 1.54) is 24.3 Å². The lowest BCUT2D eigenvalue weighted by molar-refractivity contribution is -0.146. The van der Waals surface area contributed by atoms with Crippen LogP contribution >= 0.6 is 0 Å². The van der Waals surface area contributed by atoms with Crippen molar-refractivity contribution in [2.24, 2.45) is 0 Å². The molecule has 1 aromatic heterocycles. The number of rotatable bonds is 6. The molecule has 9 heteroatoms. The Kier molecular flexibility index (Phi) is 5.48. The molecule has 3 N–H and O–H groups in total. The Morgan fingerprint density at radius 1 is 1.46 bits per heavy atom. The van der Waals surface area contributed by atoms with Crippen LogP contribution in [0.5, 0.6) is 5.75 Å². The summed E-state index contributed by atoms with van der Waals surface area (Å²) in [4.78, 5) is 23.7. The summed E-state index contributed by atoms with van der Waals surface area (Å²) in [5.74, 6) is -2.65. The zero-order valence-electron chi connectivity index (χ0n) is 12.8. The number of halogens is 1. The summed E-state index contributed by atoms with van der Waals surface area (Å²) in [6, 6.07) is 4.11. The van der Waals surface area contributed by atoms with Crippen molar-refractivity contribution in [1.82, 2.24) is 15.1 Å². The molecule has 0 aliphatic rings. The van der Waals surface area contributed by atoms with Gasteiger partial charge in [0.05, 0.1) is 25.1 Å². The van der Waals surface area contributed by atoms with E-state index >= 15 is 0 Å². The maximum Gasteiger partial charge on any atom is 0.331 e. The molecule has 0 aliphatic heterocycles. The molecule has 0 saturated heterocycles. The van der Waals surface area contributed by atoms with Crippen LogP contribution in [0.1, 0.15) is 17.4 Å². The smallest absolute Gasteiger partial charge is 0.331 e. The molecule has 0 bridgehead atoms. The Labute approximate surface area is 136 Å². The number of aromatic hydroxyl groups is 1. The monoisotopic (exact) mass is 337 g/mol. The van der Waals surface area contributed by atoms with E-state index in [9.17, 15) is 19.1 Å². The van der Waals surface area contributed by atoms with E-state index in [1.54, 1.807) is 6.92 Å². The number of aromatic nitrogens is 2. The summed E-state index contributed by atoms with van der Waals surface area (Å²) in [6.07, 6.45) is 1.13. The molecule has 1 amide bonds. The topological polar surface area (TPSA) is 114 Å². The van der Waals surface area contributed by atoms with Crippen molar-refractivity contribution in [2.45, 2.75) is 13.0 Å². The van der Waals surface area contributed by atoms with Crippen LogP contribution in [-0.4, -0.2) is 51.1 Å². The largest absolute Gasteiger partial charge is 0.504 e. The molecule has 0 saturated carbocycles. The van der Waals surface area contributed by atoms with Crippen molar-refractivity contribution < 1.29 is 28.9 Å². The quantitative estimate of drug-likeness (QED) is 0.656. The number of carbonyl (C=O) groups is 2. The number of ether oxygens (including phenoxy) is 1. The molecule has 0 unspecified atom stereocenters. The van der Waals surface area contributed by atoms with Gasteiger partial charge in [0.1, 0.15) is 5.82 Å². The molecule has 8 nitrogen and oxygen atoms in total. The van der Waals surface area contributed by atoms with Crippen molar-refractivity contribution in [3.63, 3.8) is 0 Å². The van der Waals surface area contributed by atoms with Crippen LogP contribution in [0, 0.1) is 5.82 Å². The minimum Gasteiger partial charge on any atom is -0.504 e. The van der Waals surface area contributed by atoms with Crippen molar-refractivity contribution in [1.29, 1.82) is 0 Å². The van der Waals surface area contributed by atoms with Crippen LogP contribution in [0.2, 0.25) is 0 Å². The highest BCUT2D eigenvalue weighted by atomic mass is 19.1. The fraction of sp³-hybridized carbons (Fsp3) is 0.267. The molecule has 1 aromatic carbocycles. The molecule has 0 spiro atoms. The first kappa shape index (κ1) is 17.4. The highest BCUT2D eigenvalue weighted by molar-refractivity contribution is 5.97. The van der Waals surface area contributed by atoms with Gasteiger partial charge >= 0.3 is 5.97 Å². The van der Waals surface area contributed by atoms with E-state index in [4.69, 9.17) is 9.84 Å². The molecule has 0 radical (unpaired) electrons. The van der Waals surface area contributed by atoms with E-state index in [1.807, 2.05) is 0 Å². The van der Waals surface area contributed by atoms with Crippen LogP contribution < -0.4 is 5.32 Å². The van der Waals surface area contributed by atoms with E-state index in [0.717, 1.165) is 10.9 Å². The van der Waals surface area contributed by atoms with Crippen LogP contribution in [0.25, 0.3) is 5.69 Å². The number of benzene rings is 1. The van der Waals surface area contributed by atoms with Crippen LogP contribution in [0.4, 0.5) is 4.39 Å². The maximum atomic E-state index is 13.2. The van der Waals surface area contributed by atoms with Crippen molar-refractivity contribution >= 4 is 11.9 Å². The van der Waals surface area contributed by atoms with E-state index in [-0.39, 0.29) is 12.3 Å². The lowest BCUT2D eigenvalue weighted by atomic mass is 10.3. The first-order valence-electron chi connectivity index (χ1n) is 7.09. The average molecular weight is 337 g/mol. The summed E-state index contributed by atoms with van der Waals surface area (Å²) in [6.45, 7) is 1.00. The summed E-state index contributed by atoms with van der Waals surface area (Å²) < 4.78 is 19.1. The minimum atomic E-state index is -1.28. The highest BCUT2D eigenvalue weighted by Crippen LogP contribution is 2.18. The molecule has 2 rings (SSSR count). The fourth-order valence-electron chi connectivity index (χ4n) is 1.93. The van der Waals surface area contributed by atoms with Crippen LogP contribution in [-0.2, 0) is 9.53 Å². The second kappa shape index (κ2) is 7.55. The minimum absolute atomic E-state index is 0.0879. The molecule has 1 heterocycles. The fourth-order valence-corrected chi connectivity index (χ4v) is 1.93. The molecule has 2 aromatic rings. The number of hydrogen-bond donors (Lipinski definition) is 3. The van der Waals surface area contributed by atoms with Crippen LogP contribution in [0.3, 0.4) is 0 Å². The van der Waals surface area contributed by atoms with Gasteiger partial charge in [-0.05, 0) is 25.1 Å².